The van der Waals surface area contributed by atoms with Crippen molar-refractivity contribution in [2.45, 2.75) is 40.3 Å². The summed E-state index contributed by atoms with van der Waals surface area (Å²) in [5.74, 6) is -0.329. The molecular weight excluding hydrogens is 314 g/mol. The highest BCUT2D eigenvalue weighted by atomic mass is 16.5. The van der Waals surface area contributed by atoms with Crippen molar-refractivity contribution in [2.75, 3.05) is 20.7 Å². The van der Waals surface area contributed by atoms with Crippen molar-refractivity contribution in [1.82, 2.24) is 15.5 Å². The maximum absolute atomic E-state index is 11.8. The van der Waals surface area contributed by atoms with Gasteiger partial charge in [0.05, 0.1) is 18.8 Å². The molecule has 138 valence electrons. The largest absolute Gasteiger partial charge is 0.465 e. The predicted molar refractivity (Wildman–Crippen MR) is 103 cm³/mol. The van der Waals surface area contributed by atoms with Crippen molar-refractivity contribution in [3.63, 3.8) is 0 Å². The minimum Gasteiger partial charge on any atom is -0.465 e. The van der Waals surface area contributed by atoms with Crippen LogP contribution in [0.4, 0.5) is 0 Å². The molecule has 0 spiro atoms. The third-order valence-corrected chi connectivity index (χ3v) is 3.89. The van der Waals surface area contributed by atoms with E-state index in [1.54, 1.807) is 6.08 Å². The third-order valence-electron chi connectivity index (χ3n) is 3.89. The Morgan fingerprint density at radius 1 is 1.40 bits per heavy atom. The first-order valence-electron chi connectivity index (χ1n) is 8.67. The van der Waals surface area contributed by atoms with Gasteiger partial charge in [0, 0.05) is 17.9 Å². The van der Waals surface area contributed by atoms with Crippen LogP contribution in [0.3, 0.4) is 0 Å². The van der Waals surface area contributed by atoms with Gasteiger partial charge in [0.15, 0.2) is 0 Å². The molecule has 5 heteroatoms. The number of esters is 1. The Balaban J connectivity index is 3.20. The number of ether oxygens (including phenoxy) is 1. The van der Waals surface area contributed by atoms with Gasteiger partial charge in [-0.2, -0.15) is 0 Å². The normalized spacial score (nSPS) is 17.1. The van der Waals surface area contributed by atoms with E-state index >= 15 is 0 Å². The average molecular weight is 345 g/mol. The zero-order valence-corrected chi connectivity index (χ0v) is 16.2. The highest BCUT2D eigenvalue weighted by Gasteiger charge is 2.16. The minimum absolute atomic E-state index is 0.0999. The number of rotatable bonds is 8. The zero-order valence-electron chi connectivity index (χ0n) is 16.2. The lowest BCUT2D eigenvalue weighted by Crippen LogP contribution is -2.38. The van der Waals surface area contributed by atoms with Gasteiger partial charge >= 0.3 is 5.97 Å². The van der Waals surface area contributed by atoms with Gasteiger partial charge < -0.3 is 15.0 Å². The van der Waals surface area contributed by atoms with E-state index in [1.165, 1.54) is 12.7 Å². The molecule has 0 aromatic carbocycles. The number of nitrogens with one attached hydrogen (secondary N) is 2. The van der Waals surface area contributed by atoms with Crippen LogP contribution in [0.25, 0.3) is 0 Å². The smallest absolute Gasteiger partial charge is 0.337 e. The third kappa shape index (κ3) is 5.94. The van der Waals surface area contributed by atoms with E-state index in [2.05, 4.69) is 48.5 Å². The van der Waals surface area contributed by atoms with E-state index < -0.39 is 0 Å². The van der Waals surface area contributed by atoms with E-state index in [4.69, 9.17) is 4.74 Å². The van der Waals surface area contributed by atoms with E-state index in [0.29, 0.717) is 5.57 Å². The Labute approximate surface area is 151 Å². The van der Waals surface area contributed by atoms with Crippen molar-refractivity contribution >= 4 is 5.97 Å². The number of hydrogen-bond donors (Lipinski definition) is 2. The molecule has 0 fully saturated rings. The highest BCUT2D eigenvalue weighted by molar-refractivity contribution is 5.91. The summed E-state index contributed by atoms with van der Waals surface area (Å²) in [5.41, 5.74) is 3.93. The molecular formula is C20H31N3O2. The van der Waals surface area contributed by atoms with Gasteiger partial charge in [-0.25, -0.2) is 4.79 Å². The van der Waals surface area contributed by atoms with Crippen LogP contribution in [0.15, 0.2) is 59.1 Å². The fraction of sp³-hybridized carbons (Fsp3) is 0.450. The van der Waals surface area contributed by atoms with Crippen LogP contribution in [0.5, 0.6) is 0 Å². The summed E-state index contributed by atoms with van der Waals surface area (Å²) in [5, 5.41) is 6.46. The maximum atomic E-state index is 11.8. The van der Waals surface area contributed by atoms with Crippen LogP contribution in [0, 0.1) is 0 Å². The van der Waals surface area contributed by atoms with Crippen molar-refractivity contribution in [3.05, 3.63) is 59.1 Å². The molecule has 0 bridgehead atoms. The molecule has 5 nitrogen and oxygen atoms in total. The monoisotopic (exact) mass is 345 g/mol. The number of dihydropyridines is 1. The van der Waals surface area contributed by atoms with Crippen LogP contribution >= 0.6 is 0 Å². The molecule has 0 radical (unpaired) electrons. The summed E-state index contributed by atoms with van der Waals surface area (Å²) >= 11 is 0. The first kappa shape index (κ1) is 20.8. The van der Waals surface area contributed by atoms with Gasteiger partial charge in [-0.15, -0.1) is 0 Å². The Morgan fingerprint density at radius 3 is 2.64 bits per heavy atom. The Hall–Kier alpha value is -2.27. The SMILES string of the molecule is C/C=C(/C=C\C(=C(C)C)N(CCC)C1=CC(NC)NC=C1)C(=O)OC. The molecule has 1 heterocycles. The summed E-state index contributed by atoms with van der Waals surface area (Å²) in [7, 11) is 3.32. The Bertz CT molecular complexity index is 608. The fourth-order valence-corrected chi connectivity index (χ4v) is 2.57. The van der Waals surface area contributed by atoms with Gasteiger partial charge in [0.2, 0.25) is 0 Å². The Kier molecular flexibility index (Phi) is 8.78. The number of nitrogens with zero attached hydrogens (tertiary/aromatic N) is 1. The molecule has 1 atom stereocenters. The van der Waals surface area contributed by atoms with Gasteiger partial charge in [0.25, 0.3) is 0 Å². The lowest BCUT2D eigenvalue weighted by Gasteiger charge is -2.31. The molecule has 25 heavy (non-hydrogen) atoms. The molecule has 1 aliphatic rings. The number of hydrogen-bond acceptors (Lipinski definition) is 5. The molecule has 0 amide bonds. The molecule has 0 saturated carbocycles. The number of allylic oxidation sites excluding steroid dienone is 4. The topological polar surface area (TPSA) is 53.6 Å². The van der Waals surface area contributed by atoms with Crippen LogP contribution < -0.4 is 10.6 Å². The van der Waals surface area contributed by atoms with Crippen LogP contribution in [-0.2, 0) is 9.53 Å². The first-order valence-corrected chi connectivity index (χ1v) is 8.67. The summed E-state index contributed by atoms with van der Waals surface area (Å²) in [6.07, 6.45) is 12.9. The molecule has 0 aliphatic carbocycles. The molecule has 1 aliphatic heterocycles. The second-order valence-corrected chi connectivity index (χ2v) is 5.96. The lowest BCUT2D eigenvalue weighted by atomic mass is 10.1. The molecule has 1 rings (SSSR count). The predicted octanol–water partition coefficient (Wildman–Crippen LogP) is 3.21. The van der Waals surface area contributed by atoms with Crippen molar-refractivity contribution in [1.29, 1.82) is 0 Å². The second-order valence-electron chi connectivity index (χ2n) is 5.96. The van der Waals surface area contributed by atoms with Crippen LogP contribution in [-0.4, -0.2) is 37.7 Å². The number of methoxy groups -OCH3 is 1. The van der Waals surface area contributed by atoms with Gasteiger partial charge in [-0.1, -0.05) is 18.6 Å². The van der Waals surface area contributed by atoms with Gasteiger partial charge in [-0.3, -0.25) is 5.32 Å². The van der Waals surface area contributed by atoms with Crippen LogP contribution in [0.2, 0.25) is 0 Å². The highest BCUT2D eigenvalue weighted by Crippen LogP contribution is 2.22. The molecule has 0 aromatic heterocycles. The number of carbonyl (C=O) groups is 1. The summed E-state index contributed by atoms with van der Waals surface area (Å²) in [6, 6.07) is 0. The standard InChI is InChI=1S/C20H31N3O2/c1-7-13-23(17-11-12-22-19(14-17)21-5)18(15(3)4)10-9-16(8-2)20(24)25-6/h8-12,14,19,21-22H,7,13H2,1-6H3/b10-9-,16-8-. The number of carbonyl (C=O) groups excluding carboxylic acids is 1. The molecule has 1 unspecified atom stereocenters. The summed E-state index contributed by atoms with van der Waals surface area (Å²) < 4.78 is 4.82. The van der Waals surface area contributed by atoms with Gasteiger partial charge in [0.1, 0.15) is 0 Å². The van der Waals surface area contributed by atoms with E-state index in [1.807, 2.05) is 32.3 Å². The lowest BCUT2D eigenvalue weighted by molar-refractivity contribution is -0.135. The van der Waals surface area contributed by atoms with E-state index in [9.17, 15) is 4.79 Å². The second kappa shape index (κ2) is 10.6. The van der Waals surface area contributed by atoms with Crippen molar-refractivity contribution in [3.8, 4) is 0 Å². The van der Waals surface area contributed by atoms with E-state index in [-0.39, 0.29) is 12.1 Å². The Morgan fingerprint density at radius 2 is 2.12 bits per heavy atom. The fourth-order valence-electron chi connectivity index (χ4n) is 2.57. The molecule has 0 saturated heterocycles. The van der Waals surface area contributed by atoms with E-state index in [0.717, 1.165) is 24.4 Å². The van der Waals surface area contributed by atoms with Crippen molar-refractivity contribution < 1.29 is 9.53 Å². The van der Waals surface area contributed by atoms with Gasteiger partial charge in [-0.05, 0) is 64.7 Å². The van der Waals surface area contributed by atoms with Crippen LogP contribution in [0.1, 0.15) is 34.1 Å². The summed E-state index contributed by atoms with van der Waals surface area (Å²) in [4.78, 5) is 14.1. The maximum Gasteiger partial charge on any atom is 0.337 e. The molecule has 2 N–H and O–H groups in total. The minimum atomic E-state index is -0.329. The first-order chi connectivity index (χ1) is 12.0. The molecule has 0 aromatic rings. The number of likely N-dealkylation sites (N-methyl/N-ethyl adjacent to an activating group) is 1. The average Bonchev–Trinajstić information content (AvgIpc) is 2.63. The van der Waals surface area contributed by atoms with Crippen molar-refractivity contribution in [2.24, 2.45) is 0 Å². The summed E-state index contributed by atoms with van der Waals surface area (Å²) in [6.45, 7) is 9.04. The zero-order chi connectivity index (χ0) is 18.8. The quantitative estimate of drug-likeness (QED) is 0.402.